The molecule has 0 aliphatic heterocycles. The highest BCUT2D eigenvalue weighted by atomic mass is 16.5. The predicted molar refractivity (Wildman–Crippen MR) is 77.9 cm³/mol. The highest BCUT2D eigenvalue weighted by Gasteiger charge is 2.32. The molecule has 19 heavy (non-hydrogen) atoms. The van der Waals surface area contributed by atoms with E-state index in [-0.39, 0.29) is 12.0 Å². The lowest BCUT2D eigenvalue weighted by Gasteiger charge is -2.34. The smallest absolute Gasteiger partial charge is 0.237 e. The molecule has 4 heteroatoms. The number of likely N-dealkylation sites (N-methyl/N-ethyl adjacent to an activating group) is 1. The van der Waals surface area contributed by atoms with Gasteiger partial charge in [-0.3, -0.25) is 4.79 Å². The van der Waals surface area contributed by atoms with Crippen LogP contribution in [0.1, 0.15) is 59.3 Å². The van der Waals surface area contributed by atoms with Gasteiger partial charge in [0, 0.05) is 6.42 Å². The van der Waals surface area contributed by atoms with Crippen molar-refractivity contribution in [3.8, 4) is 0 Å². The molecular weight excluding hydrogens is 240 g/mol. The Kier molecular flexibility index (Phi) is 6.27. The molecule has 1 rings (SSSR count). The topological polar surface area (TPSA) is 64.3 Å². The van der Waals surface area contributed by atoms with Gasteiger partial charge in [0.15, 0.2) is 0 Å². The number of hydrogen-bond acceptors (Lipinski definition) is 3. The van der Waals surface area contributed by atoms with E-state index in [0.717, 1.165) is 18.8 Å². The number of nitrogens with two attached hydrogens (primary N) is 1. The molecule has 1 saturated carbocycles. The first kappa shape index (κ1) is 16.4. The van der Waals surface area contributed by atoms with E-state index < -0.39 is 5.54 Å². The minimum atomic E-state index is -0.682. The second kappa shape index (κ2) is 7.25. The molecule has 1 aliphatic rings. The van der Waals surface area contributed by atoms with Gasteiger partial charge in [0.25, 0.3) is 0 Å². The molecule has 112 valence electrons. The average molecular weight is 270 g/mol. The number of amides is 1. The summed E-state index contributed by atoms with van der Waals surface area (Å²) in [4.78, 5) is 11.5. The lowest BCUT2D eigenvalue weighted by Crippen LogP contribution is -2.53. The molecule has 3 N–H and O–H groups in total. The Bertz CT molecular complexity index is 296. The van der Waals surface area contributed by atoms with Crippen LogP contribution < -0.4 is 11.1 Å². The first-order valence-corrected chi connectivity index (χ1v) is 7.55. The van der Waals surface area contributed by atoms with Gasteiger partial charge in [-0.05, 0) is 39.7 Å². The third-order valence-corrected chi connectivity index (χ3v) is 4.53. The molecule has 0 heterocycles. The van der Waals surface area contributed by atoms with E-state index in [4.69, 9.17) is 10.5 Å². The number of ether oxygens (including phenoxy) is 1. The van der Waals surface area contributed by atoms with E-state index in [0.29, 0.717) is 12.5 Å². The highest BCUT2D eigenvalue weighted by molar-refractivity contribution is 5.84. The number of primary amides is 1. The summed E-state index contributed by atoms with van der Waals surface area (Å²) in [7, 11) is 1.77. The highest BCUT2D eigenvalue weighted by Crippen LogP contribution is 2.30. The van der Waals surface area contributed by atoms with E-state index in [1.807, 2.05) is 13.8 Å². The fraction of sp³-hybridized carbons (Fsp3) is 0.933. The van der Waals surface area contributed by atoms with Crippen LogP contribution in [0.15, 0.2) is 0 Å². The molecule has 1 fully saturated rings. The van der Waals surface area contributed by atoms with Crippen molar-refractivity contribution in [1.29, 1.82) is 0 Å². The van der Waals surface area contributed by atoms with Gasteiger partial charge in [-0.1, -0.05) is 26.2 Å². The Balaban J connectivity index is 2.46. The van der Waals surface area contributed by atoms with Crippen LogP contribution in [-0.2, 0) is 9.53 Å². The van der Waals surface area contributed by atoms with Gasteiger partial charge in [0.05, 0.1) is 17.7 Å². The SMILES string of the molecule is CCC1CCCC(OC(C)CC(C)(NC)C(N)=O)C1. The molecular formula is C15H30N2O2. The second-order valence-electron chi connectivity index (χ2n) is 6.16. The number of hydrogen-bond donors (Lipinski definition) is 2. The maximum Gasteiger partial charge on any atom is 0.237 e. The van der Waals surface area contributed by atoms with Crippen molar-refractivity contribution < 1.29 is 9.53 Å². The van der Waals surface area contributed by atoms with Gasteiger partial charge in [-0.25, -0.2) is 0 Å². The summed E-state index contributed by atoms with van der Waals surface area (Å²) in [5, 5.41) is 3.01. The minimum absolute atomic E-state index is 0.0468. The Morgan fingerprint density at radius 1 is 1.53 bits per heavy atom. The fourth-order valence-electron chi connectivity index (χ4n) is 3.01. The average Bonchev–Trinajstić information content (AvgIpc) is 2.38. The third kappa shape index (κ3) is 4.77. The van der Waals surface area contributed by atoms with E-state index in [9.17, 15) is 4.79 Å². The number of carbonyl (C=O) groups is 1. The minimum Gasteiger partial charge on any atom is -0.375 e. The van der Waals surface area contributed by atoms with Crippen molar-refractivity contribution in [1.82, 2.24) is 5.32 Å². The Morgan fingerprint density at radius 3 is 2.74 bits per heavy atom. The van der Waals surface area contributed by atoms with E-state index in [1.54, 1.807) is 7.05 Å². The Morgan fingerprint density at radius 2 is 2.21 bits per heavy atom. The van der Waals surface area contributed by atoms with Gasteiger partial charge in [0.2, 0.25) is 5.91 Å². The summed E-state index contributed by atoms with van der Waals surface area (Å²) in [6.07, 6.45) is 7.15. The molecule has 0 bridgehead atoms. The molecule has 0 radical (unpaired) electrons. The van der Waals surface area contributed by atoms with Gasteiger partial charge in [0.1, 0.15) is 0 Å². The summed E-state index contributed by atoms with van der Waals surface area (Å²) in [6, 6.07) is 0. The molecule has 4 atom stereocenters. The van der Waals surface area contributed by atoms with Crippen molar-refractivity contribution in [2.45, 2.75) is 77.0 Å². The zero-order valence-corrected chi connectivity index (χ0v) is 12.9. The molecule has 0 aromatic carbocycles. The van der Waals surface area contributed by atoms with Crippen LogP contribution in [-0.4, -0.2) is 30.7 Å². The van der Waals surface area contributed by atoms with Crippen molar-refractivity contribution >= 4 is 5.91 Å². The van der Waals surface area contributed by atoms with Crippen LogP contribution in [0.2, 0.25) is 0 Å². The fourth-order valence-corrected chi connectivity index (χ4v) is 3.01. The zero-order valence-electron chi connectivity index (χ0n) is 12.9. The van der Waals surface area contributed by atoms with Crippen molar-refractivity contribution in [3.63, 3.8) is 0 Å². The number of carbonyl (C=O) groups excluding carboxylic acids is 1. The van der Waals surface area contributed by atoms with E-state index in [2.05, 4.69) is 12.2 Å². The third-order valence-electron chi connectivity index (χ3n) is 4.53. The molecule has 4 unspecified atom stereocenters. The number of rotatable bonds is 7. The van der Waals surface area contributed by atoms with E-state index >= 15 is 0 Å². The molecule has 0 aromatic rings. The summed E-state index contributed by atoms with van der Waals surface area (Å²) in [5.41, 5.74) is 4.77. The van der Waals surface area contributed by atoms with Crippen LogP contribution in [0.5, 0.6) is 0 Å². The van der Waals surface area contributed by atoms with Crippen LogP contribution in [0, 0.1) is 5.92 Å². The van der Waals surface area contributed by atoms with Gasteiger partial charge < -0.3 is 15.8 Å². The zero-order chi connectivity index (χ0) is 14.5. The summed E-state index contributed by atoms with van der Waals surface area (Å²) < 4.78 is 6.12. The van der Waals surface area contributed by atoms with Crippen LogP contribution in [0.25, 0.3) is 0 Å². The predicted octanol–water partition coefficient (Wildman–Crippen LogP) is 2.21. The molecule has 0 saturated heterocycles. The van der Waals surface area contributed by atoms with Gasteiger partial charge >= 0.3 is 0 Å². The molecule has 0 spiro atoms. The van der Waals surface area contributed by atoms with E-state index in [1.165, 1.54) is 19.3 Å². The van der Waals surface area contributed by atoms with Crippen LogP contribution in [0.3, 0.4) is 0 Å². The Hall–Kier alpha value is -0.610. The first-order chi connectivity index (χ1) is 8.91. The standard InChI is InChI=1S/C15H30N2O2/c1-5-12-7-6-8-13(9-12)19-11(2)10-15(3,17-4)14(16)18/h11-13,17H,5-10H2,1-4H3,(H2,16,18). The Labute approximate surface area is 117 Å². The quantitative estimate of drug-likeness (QED) is 0.745. The largest absolute Gasteiger partial charge is 0.375 e. The molecule has 1 aliphatic carbocycles. The molecule has 1 amide bonds. The van der Waals surface area contributed by atoms with Gasteiger partial charge in [-0.15, -0.1) is 0 Å². The monoisotopic (exact) mass is 270 g/mol. The van der Waals surface area contributed by atoms with Crippen molar-refractivity contribution in [2.75, 3.05) is 7.05 Å². The normalized spacial score (nSPS) is 28.6. The van der Waals surface area contributed by atoms with Crippen LogP contribution in [0.4, 0.5) is 0 Å². The lowest BCUT2D eigenvalue weighted by atomic mass is 9.85. The van der Waals surface area contributed by atoms with Crippen molar-refractivity contribution in [3.05, 3.63) is 0 Å². The summed E-state index contributed by atoms with van der Waals surface area (Å²) >= 11 is 0. The second-order valence-corrected chi connectivity index (χ2v) is 6.16. The molecule has 0 aromatic heterocycles. The van der Waals surface area contributed by atoms with Crippen molar-refractivity contribution in [2.24, 2.45) is 11.7 Å². The lowest BCUT2D eigenvalue weighted by molar-refractivity contribution is -0.126. The summed E-state index contributed by atoms with van der Waals surface area (Å²) in [5.74, 6) is 0.485. The maximum atomic E-state index is 11.5. The van der Waals surface area contributed by atoms with Crippen LogP contribution >= 0.6 is 0 Å². The van der Waals surface area contributed by atoms with Gasteiger partial charge in [-0.2, -0.15) is 0 Å². The summed E-state index contributed by atoms with van der Waals surface area (Å²) in [6.45, 7) is 6.13. The molecule has 4 nitrogen and oxygen atoms in total. The number of nitrogens with one attached hydrogen (secondary N) is 1. The maximum absolute atomic E-state index is 11.5. The first-order valence-electron chi connectivity index (χ1n) is 7.55.